The molecular formula is C13H15N5O4S. The summed E-state index contributed by atoms with van der Waals surface area (Å²) in [5, 5.41) is 19.9. The van der Waals surface area contributed by atoms with Crippen LogP contribution in [-0.4, -0.2) is 31.3 Å². The van der Waals surface area contributed by atoms with Crippen LogP contribution in [-0.2, 0) is 11.3 Å². The molecule has 2 aromatic rings. The molecule has 23 heavy (non-hydrogen) atoms. The Balaban J connectivity index is 1.97. The summed E-state index contributed by atoms with van der Waals surface area (Å²) in [5.74, 6) is -0.301. The number of amides is 1. The number of rotatable bonds is 7. The second-order valence-corrected chi connectivity index (χ2v) is 5.55. The van der Waals surface area contributed by atoms with E-state index in [1.165, 1.54) is 22.8 Å². The third-order valence-electron chi connectivity index (χ3n) is 2.84. The number of anilines is 1. The fraction of sp³-hybridized carbons (Fsp3) is 0.308. The maximum absolute atomic E-state index is 11.9. The van der Waals surface area contributed by atoms with E-state index in [2.05, 4.69) is 15.5 Å². The summed E-state index contributed by atoms with van der Waals surface area (Å²) in [6, 6.07) is 5.69. The number of carbonyl (C=O) groups excluding carboxylic acids is 1. The van der Waals surface area contributed by atoms with Crippen LogP contribution >= 0.6 is 11.8 Å². The first-order valence-corrected chi connectivity index (χ1v) is 7.82. The van der Waals surface area contributed by atoms with Gasteiger partial charge in [-0.2, -0.15) is 0 Å². The monoisotopic (exact) mass is 337 g/mol. The van der Waals surface area contributed by atoms with Crippen molar-refractivity contribution >= 4 is 29.0 Å². The molecule has 122 valence electrons. The zero-order valence-electron chi connectivity index (χ0n) is 12.3. The van der Waals surface area contributed by atoms with Crippen molar-refractivity contribution in [3.63, 3.8) is 0 Å². The van der Waals surface area contributed by atoms with Gasteiger partial charge in [0.2, 0.25) is 5.91 Å². The molecule has 0 aliphatic heterocycles. The average molecular weight is 337 g/mol. The summed E-state index contributed by atoms with van der Waals surface area (Å²) in [4.78, 5) is 33.6. The lowest BCUT2D eigenvalue weighted by atomic mass is 10.3. The number of hydrogen-bond donors (Lipinski definition) is 2. The highest BCUT2D eigenvalue weighted by atomic mass is 32.2. The molecule has 0 saturated heterocycles. The van der Waals surface area contributed by atoms with Gasteiger partial charge in [0.05, 0.1) is 10.7 Å². The first-order valence-electron chi connectivity index (χ1n) is 6.83. The molecule has 0 aliphatic rings. The van der Waals surface area contributed by atoms with Crippen molar-refractivity contribution in [3.8, 4) is 0 Å². The highest BCUT2D eigenvalue weighted by Gasteiger charge is 2.12. The van der Waals surface area contributed by atoms with Crippen LogP contribution in [0.15, 0.2) is 34.2 Å². The van der Waals surface area contributed by atoms with E-state index in [1.54, 1.807) is 6.07 Å². The number of nitrogens with one attached hydrogen (secondary N) is 2. The fourth-order valence-electron chi connectivity index (χ4n) is 1.86. The molecule has 1 aromatic heterocycles. The van der Waals surface area contributed by atoms with Crippen molar-refractivity contribution in [2.75, 3.05) is 11.1 Å². The molecular weight excluding hydrogens is 322 g/mol. The van der Waals surface area contributed by atoms with Crippen molar-refractivity contribution in [3.05, 3.63) is 44.9 Å². The Kier molecular flexibility index (Phi) is 5.52. The van der Waals surface area contributed by atoms with Crippen LogP contribution in [0.3, 0.4) is 0 Å². The highest BCUT2D eigenvalue weighted by molar-refractivity contribution is 7.99. The van der Waals surface area contributed by atoms with Crippen molar-refractivity contribution in [1.29, 1.82) is 0 Å². The van der Waals surface area contributed by atoms with Gasteiger partial charge in [-0.3, -0.25) is 19.5 Å². The van der Waals surface area contributed by atoms with Gasteiger partial charge >= 0.3 is 5.69 Å². The topological polar surface area (TPSA) is 123 Å². The minimum Gasteiger partial charge on any atom is -0.325 e. The first kappa shape index (κ1) is 16.7. The molecule has 0 bridgehead atoms. The van der Waals surface area contributed by atoms with Crippen LogP contribution < -0.4 is 11.0 Å². The van der Waals surface area contributed by atoms with Crippen LogP contribution in [0.1, 0.15) is 13.3 Å². The second-order valence-electron chi connectivity index (χ2n) is 4.61. The van der Waals surface area contributed by atoms with Crippen LogP contribution in [0, 0.1) is 10.1 Å². The number of nitro benzene ring substituents is 1. The van der Waals surface area contributed by atoms with E-state index in [0.29, 0.717) is 17.4 Å². The van der Waals surface area contributed by atoms with Crippen molar-refractivity contribution < 1.29 is 9.72 Å². The lowest BCUT2D eigenvalue weighted by Crippen LogP contribution is -2.18. The molecule has 2 rings (SSSR count). The molecule has 0 aliphatic carbocycles. The number of hydrogen-bond acceptors (Lipinski definition) is 6. The van der Waals surface area contributed by atoms with Gasteiger partial charge in [0.25, 0.3) is 5.69 Å². The molecule has 0 saturated carbocycles. The Morgan fingerprint density at radius 3 is 3.00 bits per heavy atom. The molecule has 1 amide bonds. The van der Waals surface area contributed by atoms with Gasteiger partial charge in [0.15, 0.2) is 5.16 Å². The van der Waals surface area contributed by atoms with Gasteiger partial charge in [-0.1, -0.05) is 24.8 Å². The zero-order valence-corrected chi connectivity index (χ0v) is 13.1. The Morgan fingerprint density at radius 1 is 1.52 bits per heavy atom. The number of non-ortho nitro benzene ring substituents is 1. The van der Waals surface area contributed by atoms with Crippen molar-refractivity contribution in [2.45, 2.75) is 25.0 Å². The summed E-state index contributed by atoms with van der Waals surface area (Å²) < 4.78 is 1.46. The number of nitrogens with zero attached hydrogens (tertiary/aromatic N) is 3. The smallest absolute Gasteiger partial charge is 0.325 e. The molecule has 0 fully saturated rings. The molecule has 0 spiro atoms. The summed E-state index contributed by atoms with van der Waals surface area (Å²) in [6.45, 7) is 2.45. The maximum atomic E-state index is 11.9. The van der Waals surface area contributed by atoms with Gasteiger partial charge < -0.3 is 5.32 Å². The predicted octanol–water partition coefficient (Wildman–Crippen LogP) is 1.62. The average Bonchev–Trinajstić information content (AvgIpc) is 2.86. The van der Waals surface area contributed by atoms with Gasteiger partial charge in [0, 0.05) is 24.4 Å². The van der Waals surface area contributed by atoms with E-state index in [1.807, 2.05) is 6.92 Å². The SMILES string of the molecule is CCCn1c(SCC(=O)Nc2cccc([N+](=O)[O-])c2)n[nH]c1=O. The number of aromatic amines is 1. The van der Waals surface area contributed by atoms with Gasteiger partial charge in [-0.15, -0.1) is 5.10 Å². The first-order chi connectivity index (χ1) is 11.0. The standard InChI is InChI=1S/C13H15N5O4S/c1-2-6-17-12(20)15-16-13(17)23-8-11(19)14-9-4-3-5-10(7-9)18(21)22/h3-5,7H,2,6,8H2,1H3,(H,14,19)(H,15,20). The van der Waals surface area contributed by atoms with Crippen LogP contribution in [0.2, 0.25) is 0 Å². The number of H-pyrrole nitrogens is 1. The minimum atomic E-state index is -0.530. The fourth-order valence-corrected chi connectivity index (χ4v) is 2.63. The quantitative estimate of drug-likeness (QED) is 0.449. The molecule has 0 atom stereocenters. The van der Waals surface area contributed by atoms with E-state index in [9.17, 15) is 19.7 Å². The summed E-state index contributed by atoms with van der Waals surface area (Å²) in [7, 11) is 0. The number of benzene rings is 1. The Morgan fingerprint density at radius 2 is 2.30 bits per heavy atom. The molecule has 9 nitrogen and oxygen atoms in total. The molecule has 1 aromatic carbocycles. The van der Waals surface area contributed by atoms with E-state index in [4.69, 9.17) is 0 Å². The largest absolute Gasteiger partial charge is 0.343 e. The van der Waals surface area contributed by atoms with E-state index < -0.39 is 4.92 Å². The molecule has 2 N–H and O–H groups in total. The third-order valence-corrected chi connectivity index (χ3v) is 3.82. The van der Waals surface area contributed by atoms with E-state index in [0.717, 1.165) is 18.2 Å². The van der Waals surface area contributed by atoms with E-state index in [-0.39, 0.29) is 23.0 Å². The molecule has 1 heterocycles. The van der Waals surface area contributed by atoms with Crippen molar-refractivity contribution in [1.82, 2.24) is 14.8 Å². The number of thioether (sulfide) groups is 1. The maximum Gasteiger partial charge on any atom is 0.343 e. The van der Waals surface area contributed by atoms with Crippen LogP contribution in [0.25, 0.3) is 0 Å². The molecule has 0 radical (unpaired) electrons. The summed E-state index contributed by atoms with van der Waals surface area (Å²) in [6.07, 6.45) is 0.771. The Bertz CT molecular complexity index is 770. The zero-order chi connectivity index (χ0) is 16.8. The number of aromatic nitrogens is 3. The molecule has 0 unspecified atom stereocenters. The second kappa shape index (κ2) is 7.58. The Hall–Kier alpha value is -2.62. The van der Waals surface area contributed by atoms with Crippen molar-refractivity contribution in [2.24, 2.45) is 0 Å². The highest BCUT2D eigenvalue weighted by Crippen LogP contribution is 2.18. The summed E-state index contributed by atoms with van der Waals surface area (Å²) in [5.41, 5.74) is -0.0641. The lowest BCUT2D eigenvalue weighted by Gasteiger charge is -2.05. The number of carbonyl (C=O) groups is 1. The minimum absolute atomic E-state index is 0.0384. The Labute approximate surface area is 135 Å². The normalized spacial score (nSPS) is 10.5. The lowest BCUT2D eigenvalue weighted by molar-refractivity contribution is -0.384. The van der Waals surface area contributed by atoms with E-state index >= 15 is 0 Å². The third kappa shape index (κ3) is 4.42. The van der Waals surface area contributed by atoms with Crippen LogP contribution in [0.5, 0.6) is 0 Å². The molecule has 10 heteroatoms. The van der Waals surface area contributed by atoms with Gasteiger partial charge in [0.1, 0.15) is 0 Å². The number of nitro groups is 1. The predicted molar refractivity (Wildman–Crippen MR) is 85.6 cm³/mol. The van der Waals surface area contributed by atoms with Gasteiger partial charge in [-0.25, -0.2) is 9.89 Å². The summed E-state index contributed by atoms with van der Waals surface area (Å²) >= 11 is 1.12. The van der Waals surface area contributed by atoms with Crippen LogP contribution in [0.4, 0.5) is 11.4 Å². The van der Waals surface area contributed by atoms with Gasteiger partial charge in [-0.05, 0) is 12.5 Å².